The average Bonchev–Trinajstić information content (AvgIpc) is 4.29. The first-order valence-corrected chi connectivity index (χ1v) is 28.7. The Morgan fingerprint density at radius 2 is 0.938 bits per heavy atom. The monoisotopic (exact) mass is 1200 g/mol. The van der Waals surface area contributed by atoms with E-state index in [-0.39, 0.29) is 0 Å². The molecule has 4 aliphatic rings. The molecule has 0 atom stereocenters. The Morgan fingerprint density at radius 3 is 1.46 bits per heavy atom. The number of halogens is 1. The van der Waals surface area contributed by atoms with Gasteiger partial charge in [-0.3, -0.25) is 9.36 Å². The van der Waals surface area contributed by atoms with E-state index in [1.807, 2.05) is 143 Å². The molecular formula is C62H66IN11O7. The lowest BCUT2D eigenvalue weighted by molar-refractivity contribution is 0.0903. The minimum absolute atomic E-state index is 0.316. The minimum atomic E-state index is 0.316. The number of para-hydroxylation sites is 2. The van der Waals surface area contributed by atoms with Gasteiger partial charge in [0.05, 0.1) is 55.8 Å². The van der Waals surface area contributed by atoms with Crippen molar-refractivity contribution in [1.82, 2.24) is 34.5 Å². The number of hydrogen-bond donors (Lipinski definition) is 3. The van der Waals surface area contributed by atoms with Gasteiger partial charge in [0.2, 0.25) is 11.8 Å². The van der Waals surface area contributed by atoms with Gasteiger partial charge in [-0.1, -0.05) is 60.7 Å². The van der Waals surface area contributed by atoms with Crippen LogP contribution in [0.25, 0.3) is 21.8 Å². The van der Waals surface area contributed by atoms with E-state index < -0.39 is 0 Å². The fourth-order valence-electron chi connectivity index (χ4n) is 10.1. The van der Waals surface area contributed by atoms with Gasteiger partial charge in [-0.2, -0.15) is 5.10 Å². The molecular weight excluding hydrogens is 1140 g/mol. The molecule has 0 radical (unpaired) electrons. The highest BCUT2D eigenvalue weighted by atomic mass is 127. The predicted molar refractivity (Wildman–Crippen MR) is 322 cm³/mol. The van der Waals surface area contributed by atoms with Gasteiger partial charge in [0, 0.05) is 76.4 Å². The number of ether oxygens (including phenoxy) is 7. The lowest BCUT2D eigenvalue weighted by atomic mass is 10.1. The molecule has 18 nitrogen and oxygen atoms in total. The van der Waals surface area contributed by atoms with Crippen molar-refractivity contribution < 1.29 is 33.2 Å². The van der Waals surface area contributed by atoms with E-state index in [9.17, 15) is 0 Å². The third-order valence-corrected chi connectivity index (χ3v) is 15.2. The highest BCUT2D eigenvalue weighted by molar-refractivity contribution is 14.1. The molecule has 19 heteroatoms. The van der Waals surface area contributed by atoms with E-state index in [0.29, 0.717) is 49.5 Å². The lowest BCUT2D eigenvalue weighted by Crippen LogP contribution is -2.29. The second-order valence-corrected chi connectivity index (χ2v) is 21.0. The number of aliphatic imine (C=N–C) groups is 1. The molecule has 9 heterocycles. The molecule has 81 heavy (non-hydrogen) atoms. The van der Waals surface area contributed by atoms with Crippen molar-refractivity contribution in [2.45, 2.75) is 76.3 Å². The third kappa shape index (κ3) is 14.0. The van der Waals surface area contributed by atoms with E-state index in [0.717, 1.165) is 161 Å². The summed E-state index contributed by atoms with van der Waals surface area (Å²) < 4.78 is 44.1. The standard InChI is InChI=1S/C25H26N4O3.C19H21IN4O2.C18H19N3O2/c1-30-20-9-7-18(8-10-20)17-29-22-11-14-26-24(27-19-12-15-31-16-13-19)23(22)25(28-29)32-21-5-3-2-4-6-21;1-25-15-4-2-13(3-5-15)12-24-16-6-9-21-19(17(16)18(20)23-24)22-14-7-10-26-11-8-14;1-2-4-15(5-3-1)23-18-16-13(12-20-18)6-9-19-17(16)21-14-7-10-22-11-8-14/h2-11,14,19H,12-13,15-17H2,1H3,(H,26,27);2-6,9,14H,7-8,10-12H2,1H3,(H,21,22);1-6,9,14H,7-8,10-12H2,(H,19,21). The predicted octanol–water partition coefficient (Wildman–Crippen LogP) is 11.6. The average molecular weight is 1200 g/mol. The molecule has 3 saturated heterocycles. The van der Waals surface area contributed by atoms with E-state index in [2.05, 4.69) is 70.6 Å². The molecule has 3 N–H and O–H groups in total. The second-order valence-electron chi connectivity index (χ2n) is 20.0. The van der Waals surface area contributed by atoms with Gasteiger partial charge in [-0.15, -0.1) is 5.10 Å². The zero-order chi connectivity index (χ0) is 55.2. The topological polar surface area (TPSA) is 187 Å². The lowest BCUT2D eigenvalue weighted by Gasteiger charge is -2.24. The molecule has 3 fully saturated rings. The Bertz CT molecular complexity index is 3490. The summed E-state index contributed by atoms with van der Waals surface area (Å²) in [7, 11) is 3.35. The third-order valence-electron chi connectivity index (χ3n) is 14.5. The summed E-state index contributed by atoms with van der Waals surface area (Å²) in [5.41, 5.74) is 6.51. The first-order valence-electron chi connectivity index (χ1n) is 27.6. The van der Waals surface area contributed by atoms with Gasteiger partial charge in [0.15, 0.2) is 0 Å². The van der Waals surface area contributed by atoms with Crippen LogP contribution in [0, 0.1) is 3.70 Å². The summed E-state index contributed by atoms with van der Waals surface area (Å²) in [5.74, 6) is 6.99. The van der Waals surface area contributed by atoms with E-state index >= 15 is 0 Å². The largest absolute Gasteiger partial charge is 0.497 e. The van der Waals surface area contributed by atoms with Crippen LogP contribution in [0.3, 0.4) is 0 Å². The molecule has 5 aromatic heterocycles. The zero-order valence-electron chi connectivity index (χ0n) is 45.5. The molecule has 4 aliphatic heterocycles. The Kier molecular flexibility index (Phi) is 18.4. The van der Waals surface area contributed by atoms with Crippen molar-refractivity contribution in [3.05, 3.63) is 172 Å². The maximum absolute atomic E-state index is 6.22. The maximum Gasteiger partial charge on any atom is 0.250 e. The summed E-state index contributed by atoms with van der Waals surface area (Å²) in [4.78, 5) is 18.3. The Morgan fingerprint density at radius 1 is 0.494 bits per heavy atom. The first kappa shape index (κ1) is 55.1. The molecule has 0 spiro atoms. The second kappa shape index (κ2) is 27.1. The molecule has 4 aromatic carbocycles. The van der Waals surface area contributed by atoms with Crippen LogP contribution in [0.15, 0.2) is 151 Å². The number of methoxy groups -OCH3 is 2. The van der Waals surface area contributed by atoms with Crippen molar-refractivity contribution in [1.29, 1.82) is 0 Å². The summed E-state index contributed by atoms with van der Waals surface area (Å²) in [6.45, 7) is 6.70. The molecule has 418 valence electrons. The number of fused-ring (bicyclic) bond motifs is 3. The minimum Gasteiger partial charge on any atom is -0.497 e. The van der Waals surface area contributed by atoms with Crippen molar-refractivity contribution in [2.24, 2.45) is 4.99 Å². The Labute approximate surface area is 484 Å². The number of rotatable bonds is 15. The van der Waals surface area contributed by atoms with E-state index in [4.69, 9.17) is 43.4 Å². The van der Waals surface area contributed by atoms with Crippen LogP contribution in [0.2, 0.25) is 0 Å². The maximum atomic E-state index is 6.22. The number of nitrogens with zero attached hydrogens (tertiary/aromatic N) is 8. The van der Waals surface area contributed by atoms with Crippen molar-refractivity contribution in [3.63, 3.8) is 0 Å². The fourth-order valence-corrected chi connectivity index (χ4v) is 10.9. The summed E-state index contributed by atoms with van der Waals surface area (Å²) >= 11 is 2.30. The molecule has 13 rings (SSSR count). The number of aromatic nitrogens is 7. The summed E-state index contributed by atoms with van der Waals surface area (Å²) in [6.07, 6.45) is 11.4. The molecule has 0 saturated carbocycles. The number of anilines is 3. The van der Waals surface area contributed by atoms with Crippen LogP contribution >= 0.6 is 22.6 Å². The van der Waals surface area contributed by atoms with Crippen molar-refractivity contribution in [3.8, 4) is 28.9 Å². The number of benzene rings is 4. The van der Waals surface area contributed by atoms with Crippen LogP contribution in [-0.4, -0.2) is 112 Å². The first-order chi connectivity index (χ1) is 39.9. The fraction of sp³-hybridized carbons (Fsp3) is 0.323. The van der Waals surface area contributed by atoms with Gasteiger partial charge in [0.1, 0.15) is 49.5 Å². The highest BCUT2D eigenvalue weighted by Gasteiger charge is 2.26. The molecule has 0 aliphatic carbocycles. The number of hydrogen-bond acceptors (Lipinski definition) is 16. The van der Waals surface area contributed by atoms with Crippen LogP contribution < -0.4 is 34.9 Å². The Balaban J connectivity index is 0.000000130. The quantitative estimate of drug-likeness (QED) is 0.0822. The van der Waals surface area contributed by atoms with Crippen molar-refractivity contribution in [2.75, 3.05) is 69.8 Å². The van der Waals surface area contributed by atoms with Crippen LogP contribution in [0.4, 0.5) is 17.5 Å². The Hall–Kier alpha value is -7.85. The van der Waals surface area contributed by atoms with Crippen LogP contribution in [0.1, 0.15) is 60.8 Å². The van der Waals surface area contributed by atoms with Crippen molar-refractivity contribution >= 4 is 67.7 Å². The summed E-state index contributed by atoms with van der Waals surface area (Å²) in [6, 6.07) is 42.7. The van der Waals surface area contributed by atoms with Crippen LogP contribution in [-0.2, 0) is 33.8 Å². The SMILES string of the molecule is COc1ccc(Cn2nc(I)c3c(NC4CCOCC4)nccc32)cc1.COc1ccc(Cn2nc(Oc3ccccc3)c3c(NC4CCOCC4)nccc32)cc1.c1ccc(OC2=NCc3ccnc(NC4CCOCC4)c32)cc1. The number of pyridine rings is 3. The summed E-state index contributed by atoms with van der Waals surface area (Å²) in [5, 5.41) is 22.3. The van der Waals surface area contributed by atoms with Gasteiger partial charge in [-0.25, -0.2) is 19.9 Å². The highest BCUT2D eigenvalue weighted by Crippen LogP contribution is 2.36. The van der Waals surface area contributed by atoms with E-state index in [1.165, 1.54) is 5.56 Å². The molecule has 9 aromatic rings. The normalized spacial score (nSPS) is 15.6. The van der Waals surface area contributed by atoms with Gasteiger partial charge in [-0.05, 0) is 145 Å². The smallest absolute Gasteiger partial charge is 0.250 e. The molecule has 0 unspecified atom stereocenters. The van der Waals surface area contributed by atoms with Gasteiger partial charge < -0.3 is 49.1 Å². The zero-order valence-corrected chi connectivity index (χ0v) is 47.7. The van der Waals surface area contributed by atoms with E-state index in [1.54, 1.807) is 14.2 Å². The molecule has 0 bridgehead atoms. The number of nitrogens with one attached hydrogen (secondary N) is 3. The van der Waals surface area contributed by atoms with Crippen LogP contribution in [0.5, 0.6) is 28.9 Å². The molecule has 0 amide bonds. The van der Waals surface area contributed by atoms with Gasteiger partial charge >= 0.3 is 0 Å². The van der Waals surface area contributed by atoms with Gasteiger partial charge in [0.25, 0.3) is 0 Å².